The molecule has 3 heterocycles. The van der Waals surface area contributed by atoms with Gasteiger partial charge in [-0.3, -0.25) is 9.59 Å². The van der Waals surface area contributed by atoms with Crippen LogP contribution in [0.1, 0.15) is 23.6 Å². The first kappa shape index (κ1) is 17.0. The summed E-state index contributed by atoms with van der Waals surface area (Å²) in [6, 6.07) is 11.0. The second-order valence-electron chi connectivity index (χ2n) is 6.45. The highest BCUT2D eigenvalue weighted by Crippen LogP contribution is 2.22. The first-order chi connectivity index (χ1) is 13.2. The Kier molecular flexibility index (Phi) is 4.65. The van der Waals surface area contributed by atoms with Gasteiger partial charge >= 0.3 is 0 Å². The van der Waals surface area contributed by atoms with E-state index in [0.717, 1.165) is 5.56 Å². The lowest BCUT2D eigenvalue weighted by molar-refractivity contribution is -0.128. The van der Waals surface area contributed by atoms with Crippen LogP contribution >= 0.6 is 0 Å². The number of furan rings is 1. The van der Waals surface area contributed by atoms with E-state index >= 15 is 0 Å². The van der Waals surface area contributed by atoms with Crippen LogP contribution in [-0.4, -0.2) is 43.9 Å². The molecule has 1 aromatic carbocycles. The summed E-state index contributed by atoms with van der Waals surface area (Å²) in [4.78, 5) is 26.3. The minimum absolute atomic E-state index is 0.0398. The van der Waals surface area contributed by atoms with E-state index in [9.17, 15) is 9.59 Å². The summed E-state index contributed by atoms with van der Waals surface area (Å²) in [7, 11) is 0. The molecule has 4 rings (SSSR count). The van der Waals surface area contributed by atoms with Gasteiger partial charge in [-0.1, -0.05) is 17.3 Å². The zero-order valence-electron chi connectivity index (χ0n) is 14.5. The number of nitrogens with one attached hydrogen (secondary N) is 2. The fraction of sp³-hybridized carbons (Fsp3) is 0.278. The molecule has 2 aromatic heterocycles. The number of likely N-dealkylation sites (tertiary alicyclic amines) is 1. The number of aromatic amines is 1. The number of hydrogen-bond acceptors (Lipinski definition) is 6. The number of tetrazole rings is 1. The Balaban J connectivity index is 1.33. The van der Waals surface area contributed by atoms with Crippen LogP contribution in [0, 0.1) is 5.92 Å². The molecule has 0 bridgehead atoms. The van der Waals surface area contributed by atoms with Crippen LogP contribution in [0.4, 0.5) is 5.69 Å². The molecule has 0 spiro atoms. The van der Waals surface area contributed by atoms with E-state index in [1.54, 1.807) is 17.2 Å². The number of nitrogens with zero attached hydrogens (tertiary/aromatic N) is 4. The highest BCUT2D eigenvalue weighted by Gasteiger charge is 2.34. The third-order valence-electron chi connectivity index (χ3n) is 4.49. The third kappa shape index (κ3) is 4.02. The van der Waals surface area contributed by atoms with Crippen molar-refractivity contribution in [1.82, 2.24) is 25.5 Å². The summed E-state index contributed by atoms with van der Waals surface area (Å²) in [5, 5.41) is 16.6. The van der Waals surface area contributed by atoms with E-state index in [1.807, 2.05) is 30.3 Å². The zero-order chi connectivity index (χ0) is 18.6. The number of benzene rings is 1. The molecule has 3 aromatic rings. The molecular weight excluding hydrogens is 348 g/mol. The molecule has 2 amide bonds. The molecule has 0 saturated carbocycles. The van der Waals surface area contributed by atoms with Crippen LogP contribution < -0.4 is 5.32 Å². The number of carbonyl (C=O) groups is 2. The highest BCUT2D eigenvalue weighted by atomic mass is 16.3. The van der Waals surface area contributed by atoms with E-state index < -0.39 is 0 Å². The van der Waals surface area contributed by atoms with Crippen molar-refractivity contribution < 1.29 is 14.0 Å². The monoisotopic (exact) mass is 366 g/mol. The Labute approximate surface area is 154 Å². The smallest absolute Gasteiger partial charge is 0.229 e. The van der Waals surface area contributed by atoms with Gasteiger partial charge in [-0.25, -0.2) is 0 Å². The molecule has 9 nitrogen and oxygen atoms in total. The molecule has 1 saturated heterocycles. The van der Waals surface area contributed by atoms with Gasteiger partial charge < -0.3 is 14.6 Å². The van der Waals surface area contributed by atoms with Crippen LogP contribution in [0.2, 0.25) is 0 Å². The molecule has 1 fully saturated rings. The Hall–Kier alpha value is -3.49. The first-order valence-electron chi connectivity index (χ1n) is 8.59. The predicted molar refractivity (Wildman–Crippen MR) is 94.3 cm³/mol. The lowest BCUT2D eigenvalue weighted by Crippen LogP contribution is -2.27. The van der Waals surface area contributed by atoms with Crippen LogP contribution in [0.15, 0.2) is 47.1 Å². The largest absolute Gasteiger partial charge is 0.467 e. The second-order valence-corrected chi connectivity index (χ2v) is 6.45. The number of carbonyl (C=O) groups excluding carboxylic acids is 2. The third-order valence-corrected chi connectivity index (χ3v) is 4.49. The summed E-state index contributed by atoms with van der Waals surface area (Å²) in [5.41, 5.74) is 1.70. The van der Waals surface area contributed by atoms with Crippen molar-refractivity contribution in [3.05, 3.63) is 59.8 Å². The van der Waals surface area contributed by atoms with Gasteiger partial charge in [0, 0.05) is 25.1 Å². The van der Waals surface area contributed by atoms with Gasteiger partial charge in [0.15, 0.2) is 5.82 Å². The molecule has 0 aliphatic carbocycles. The summed E-state index contributed by atoms with van der Waals surface area (Å²) >= 11 is 0. The average molecular weight is 366 g/mol. The van der Waals surface area contributed by atoms with Gasteiger partial charge in [0.25, 0.3) is 0 Å². The maximum Gasteiger partial charge on any atom is 0.229 e. The number of rotatable bonds is 6. The number of hydrogen-bond donors (Lipinski definition) is 2. The fourth-order valence-corrected chi connectivity index (χ4v) is 3.08. The molecule has 138 valence electrons. The van der Waals surface area contributed by atoms with Crippen molar-refractivity contribution in [2.24, 2.45) is 5.92 Å². The quantitative estimate of drug-likeness (QED) is 0.680. The fourth-order valence-electron chi connectivity index (χ4n) is 3.08. The van der Waals surface area contributed by atoms with Crippen molar-refractivity contribution in [3.8, 4) is 0 Å². The SMILES string of the molecule is O=C(Nc1ccc(Cc2nn[nH]n2)cc1)C1CC(=O)N(Cc2ccco2)C1. The zero-order valence-corrected chi connectivity index (χ0v) is 14.5. The highest BCUT2D eigenvalue weighted by molar-refractivity contribution is 5.97. The van der Waals surface area contributed by atoms with Gasteiger partial charge in [0.2, 0.25) is 11.8 Å². The molecule has 0 radical (unpaired) electrons. The Morgan fingerprint density at radius 3 is 2.85 bits per heavy atom. The van der Waals surface area contributed by atoms with E-state index in [-0.39, 0.29) is 24.2 Å². The maximum absolute atomic E-state index is 12.5. The summed E-state index contributed by atoms with van der Waals surface area (Å²) in [6.45, 7) is 0.779. The standard InChI is InChI=1S/C18H18N6O3/c25-17-9-13(10-24(17)11-15-2-1-7-27-15)18(26)19-14-5-3-12(4-6-14)8-16-20-22-23-21-16/h1-7,13H,8-11H2,(H,19,26)(H,20,21,22,23). The summed E-state index contributed by atoms with van der Waals surface area (Å²) in [5.74, 6) is 0.749. The molecule has 2 N–H and O–H groups in total. The minimum Gasteiger partial charge on any atom is -0.467 e. The van der Waals surface area contributed by atoms with Crippen LogP contribution in [-0.2, 0) is 22.6 Å². The van der Waals surface area contributed by atoms with Crippen molar-refractivity contribution in [3.63, 3.8) is 0 Å². The normalized spacial score (nSPS) is 16.7. The van der Waals surface area contributed by atoms with Gasteiger partial charge in [-0.2, -0.15) is 5.21 Å². The van der Waals surface area contributed by atoms with Crippen LogP contribution in [0.3, 0.4) is 0 Å². The number of amides is 2. The van der Waals surface area contributed by atoms with E-state index in [1.165, 1.54) is 0 Å². The van der Waals surface area contributed by atoms with Gasteiger partial charge in [-0.05, 0) is 29.8 Å². The van der Waals surface area contributed by atoms with Crippen LogP contribution in [0.5, 0.6) is 0 Å². The summed E-state index contributed by atoms with van der Waals surface area (Å²) < 4.78 is 5.27. The van der Waals surface area contributed by atoms with Crippen molar-refractivity contribution >= 4 is 17.5 Å². The Bertz CT molecular complexity index is 905. The number of aromatic nitrogens is 4. The number of H-pyrrole nitrogens is 1. The maximum atomic E-state index is 12.5. The lowest BCUT2D eigenvalue weighted by Gasteiger charge is -2.15. The predicted octanol–water partition coefficient (Wildman–Crippen LogP) is 1.37. The van der Waals surface area contributed by atoms with Crippen molar-refractivity contribution in [1.29, 1.82) is 0 Å². The molecule has 27 heavy (non-hydrogen) atoms. The molecule has 1 unspecified atom stereocenters. The molecular formula is C18H18N6O3. The van der Waals surface area contributed by atoms with E-state index in [0.29, 0.717) is 36.8 Å². The molecule has 1 atom stereocenters. The van der Waals surface area contributed by atoms with Crippen LogP contribution in [0.25, 0.3) is 0 Å². The van der Waals surface area contributed by atoms with Gasteiger partial charge in [0.1, 0.15) is 5.76 Å². The lowest BCUT2D eigenvalue weighted by atomic mass is 10.1. The van der Waals surface area contributed by atoms with Crippen molar-refractivity contribution in [2.75, 3.05) is 11.9 Å². The topological polar surface area (TPSA) is 117 Å². The molecule has 1 aliphatic rings. The first-order valence-corrected chi connectivity index (χ1v) is 8.59. The van der Waals surface area contributed by atoms with E-state index in [2.05, 4.69) is 25.9 Å². The second kappa shape index (κ2) is 7.40. The Morgan fingerprint density at radius 2 is 2.15 bits per heavy atom. The van der Waals surface area contributed by atoms with Gasteiger partial charge in [-0.15, -0.1) is 10.2 Å². The van der Waals surface area contributed by atoms with Gasteiger partial charge in [0.05, 0.1) is 18.7 Å². The molecule has 9 heteroatoms. The van der Waals surface area contributed by atoms with Crippen molar-refractivity contribution in [2.45, 2.75) is 19.4 Å². The molecule has 1 aliphatic heterocycles. The summed E-state index contributed by atoms with van der Waals surface area (Å²) in [6.07, 6.45) is 2.34. The average Bonchev–Trinajstić information content (AvgIpc) is 3.41. The number of anilines is 1. The van der Waals surface area contributed by atoms with E-state index in [4.69, 9.17) is 4.42 Å². The minimum atomic E-state index is -0.369. The Morgan fingerprint density at radius 1 is 1.30 bits per heavy atom.